The maximum atomic E-state index is 12.9. The molecule has 0 radical (unpaired) electrons. The van der Waals surface area contributed by atoms with Crippen LogP contribution in [0.2, 0.25) is 0 Å². The number of aliphatic hydroxyl groups is 1. The Bertz CT molecular complexity index is 569. The summed E-state index contributed by atoms with van der Waals surface area (Å²) in [5, 5.41) is 10.4. The molecular weight excluding hydrogens is 267 g/mol. The van der Waals surface area contributed by atoms with Gasteiger partial charge in [-0.15, -0.1) is 0 Å². The molecule has 1 aliphatic rings. The van der Waals surface area contributed by atoms with Crippen molar-refractivity contribution in [3.8, 4) is 0 Å². The molecule has 1 unspecified atom stereocenters. The van der Waals surface area contributed by atoms with E-state index in [1.165, 1.54) is 30.5 Å². The summed E-state index contributed by atoms with van der Waals surface area (Å²) in [4.78, 5) is 6.32. The zero-order valence-electron chi connectivity index (χ0n) is 11.8. The summed E-state index contributed by atoms with van der Waals surface area (Å²) in [7, 11) is 0. The number of nitrogens with zero attached hydrogens (tertiary/aromatic N) is 2. The van der Waals surface area contributed by atoms with Crippen LogP contribution in [0.3, 0.4) is 0 Å². The van der Waals surface area contributed by atoms with Crippen molar-refractivity contribution in [1.82, 2.24) is 9.88 Å². The van der Waals surface area contributed by atoms with E-state index in [9.17, 15) is 9.50 Å². The fourth-order valence-corrected chi connectivity index (χ4v) is 2.52. The van der Waals surface area contributed by atoms with Crippen LogP contribution in [-0.4, -0.2) is 27.6 Å². The highest BCUT2D eigenvalue weighted by atomic mass is 19.1. The van der Waals surface area contributed by atoms with Gasteiger partial charge < -0.3 is 5.11 Å². The summed E-state index contributed by atoms with van der Waals surface area (Å²) in [6, 6.07) is 10.6. The molecule has 1 heterocycles. The van der Waals surface area contributed by atoms with Crippen molar-refractivity contribution in [3.63, 3.8) is 0 Å². The summed E-state index contributed by atoms with van der Waals surface area (Å²) >= 11 is 0. The van der Waals surface area contributed by atoms with Crippen LogP contribution in [0.25, 0.3) is 0 Å². The number of aromatic nitrogens is 1. The van der Waals surface area contributed by atoms with Gasteiger partial charge in [-0.05, 0) is 48.2 Å². The van der Waals surface area contributed by atoms with Crippen LogP contribution in [0.4, 0.5) is 4.39 Å². The number of rotatable bonds is 6. The standard InChI is InChI=1S/C17H19FN2O/c18-15-3-1-14(2-4-15)17(21)12-20(16-5-6-16)11-13-7-9-19-10-8-13/h1-4,7-10,16-17,21H,5-6,11-12H2. The zero-order valence-corrected chi connectivity index (χ0v) is 11.8. The van der Waals surface area contributed by atoms with Gasteiger partial charge in [-0.25, -0.2) is 4.39 Å². The molecule has 4 heteroatoms. The Kier molecular flexibility index (Phi) is 4.27. The highest BCUT2D eigenvalue weighted by Gasteiger charge is 2.30. The second-order valence-electron chi connectivity index (χ2n) is 5.58. The zero-order chi connectivity index (χ0) is 14.7. The van der Waals surface area contributed by atoms with Gasteiger partial charge in [0, 0.05) is 31.5 Å². The summed E-state index contributed by atoms with van der Waals surface area (Å²) in [5.74, 6) is -0.276. The van der Waals surface area contributed by atoms with Crippen molar-refractivity contribution in [3.05, 3.63) is 65.7 Å². The van der Waals surface area contributed by atoms with E-state index in [-0.39, 0.29) is 5.82 Å². The molecule has 0 saturated heterocycles. The highest BCUT2D eigenvalue weighted by molar-refractivity contribution is 5.19. The van der Waals surface area contributed by atoms with Crippen LogP contribution in [0.1, 0.15) is 30.1 Å². The van der Waals surface area contributed by atoms with Crippen molar-refractivity contribution in [1.29, 1.82) is 0 Å². The first-order valence-corrected chi connectivity index (χ1v) is 7.29. The largest absolute Gasteiger partial charge is 0.387 e. The van der Waals surface area contributed by atoms with Gasteiger partial charge >= 0.3 is 0 Å². The third kappa shape index (κ3) is 3.86. The van der Waals surface area contributed by atoms with Gasteiger partial charge in [0.05, 0.1) is 6.10 Å². The molecule has 1 aromatic heterocycles. The smallest absolute Gasteiger partial charge is 0.123 e. The highest BCUT2D eigenvalue weighted by Crippen LogP contribution is 2.30. The van der Waals surface area contributed by atoms with E-state index in [1.54, 1.807) is 24.5 Å². The number of benzene rings is 1. The molecule has 1 fully saturated rings. The van der Waals surface area contributed by atoms with Crippen LogP contribution >= 0.6 is 0 Å². The Morgan fingerprint density at radius 3 is 2.43 bits per heavy atom. The molecule has 1 N–H and O–H groups in total. The summed E-state index contributed by atoms with van der Waals surface area (Å²) < 4.78 is 12.9. The lowest BCUT2D eigenvalue weighted by atomic mass is 10.1. The van der Waals surface area contributed by atoms with Gasteiger partial charge in [-0.1, -0.05) is 12.1 Å². The van der Waals surface area contributed by atoms with Crippen molar-refractivity contribution in [2.75, 3.05) is 6.54 Å². The number of pyridine rings is 1. The Hall–Kier alpha value is -1.78. The van der Waals surface area contributed by atoms with Crippen LogP contribution in [-0.2, 0) is 6.54 Å². The van der Waals surface area contributed by atoms with Crippen LogP contribution < -0.4 is 0 Å². The maximum absolute atomic E-state index is 12.9. The van der Waals surface area contributed by atoms with E-state index in [4.69, 9.17) is 0 Å². The average Bonchev–Trinajstić information content (AvgIpc) is 3.33. The predicted molar refractivity (Wildman–Crippen MR) is 79.0 cm³/mol. The van der Waals surface area contributed by atoms with Gasteiger partial charge in [-0.2, -0.15) is 0 Å². The molecule has 21 heavy (non-hydrogen) atoms. The molecule has 0 spiro atoms. The molecule has 0 aliphatic heterocycles. The fourth-order valence-electron chi connectivity index (χ4n) is 2.52. The van der Waals surface area contributed by atoms with Crippen molar-refractivity contribution < 1.29 is 9.50 Å². The van der Waals surface area contributed by atoms with E-state index in [0.29, 0.717) is 12.6 Å². The van der Waals surface area contributed by atoms with Crippen LogP contribution in [0.15, 0.2) is 48.8 Å². The molecule has 0 amide bonds. The molecule has 0 bridgehead atoms. The Morgan fingerprint density at radius 2 is 1.81 bits per heavy atom. The van der Waals surface area contributed by atoms with E-state index >= 15 is 0 Å². The lowest BCUT2D eigenvalue weighted by Crippen LogP contribution is -2.30. The first-order chi connectivity index (χ1) is 10.2. The number of hydrogen-bond donors (Lipinski definition) is 1. The number of hydrogen-bond acceptors (Lipinski definition) is 3. The SMILES string of the molecule is OC(CN(Cc1ccncc1)C1CC1)c1ccc(F)cc1. The van der Waals surface area contributed by atoms with Crippen LogP contribution in [0, 0.1) is 5.82 Å². The quantitative estimate of drug-likeness (QED) is 0.887. The molecule has 110 valence electrons. The first-order valence-electron chi connectivity index (χ1n) is 7.29. The van der Waals surface area contributed by atoms with E-state index < -0.39 is 6.10 Å². The molecule has 1 aromatic carbocycles. The van der Waals surface area contributed by atoms with Gasteiger partial charge in [0.2, 0.25) is 0 Å². The Labute approximate surface area is 124 Å². The van der Waals surface area contributed by atoms with Gasteiger partial charge in [0.15, 0.2) is 0 Å². The van der Waals surface area contributed by atoms with E-state index in [0.717, 1.165) is 12.1 Å². The second-order valence-corrected chi connectivity index (χ2v) is 5.58. The van der Waals surface area contributed by atoms with E-state index in [2.05, 4.69) is 9.88 Å². The third-order valence-corrected chi connectivity index (χ3v) is 3.86. The molecule has 1 saturated carbocycles. The predicted octanol–water partition coefficient (Wildman–Crippen LogP) is 2.92. The number of aliphatic hydroxyl groups excluding tert-OH is 1. The Balaban J connectivity index is 1.66. The van der Waals surface area contributed by atoms with Crippen molar-refractivity contribution in [2.45, 2.75) is 31.5 Å². The minimum atomic E-state index is -0.590. The minimum absolute atomic E-state index is 0.276. The molecule has 2 aromatic rings. The lowest BCUT2D eigenvalue weighted by molar-refractivity contribution is 0.104. The van der Waals surface area contributed by atoms with E-state index in [1.807, 2.05) is 12.1 Å². The maximum Gasteiger partial charge on any atom is 0.123 e. The van der Waals surface area contributed by atoms with Crippen molar-refractivity contribution >= 4 is 0 Å². The lowest BCUT2D eigenvalue weighted by Gasteiger charge is -2.25. The molecule has 3 rings (SSSR count). The second kappa shape index (κ2) is 6.33. The van der Waals surface area contributed by atoms with Crippen molar-refractivity contribution in [2.24, 2.45) is 0 Å². The monoisotopic (exact) mass is 286 g/mol. The summed E-state index contributed by atoms with van der Waals surface area (Å²) in [6.45, 7) is 1.38. The normalized spacial score (nSPS) is 16.1. The average molecular weight is 286 g/mol. The third-order valence-electron chi connectivity index (χ3n) is 3.86. The first kappa shape index (κ1) is 14.2. The number of halogens is 1. The summed E-state index contributed by atoms with van der Waals surface area (Å²) in [6.07, 6.45) is 5.35. The van der Waals surface area contributed by atoms with Gasteiger partial charge in [0.25, 0.3) is 0 Å². The fraction of sp³-hybridized carbons (Fsp3) is 0.353. The summed E-state index contributed by atoms with van der Waals surface area (Å²) in [5.41, 5.74) is 1.96. The molecule has 1 aliphatic carbocycles. The molecule has 3 nitrogen and oxygen atoms in total. The molecular formula is C17H19FN2O. The molecule has 1 atom stereocenters. The minimum Gasteiger partial charge on any atom is -0.387 e. The van der Waals surface area contributed by atoms with Gasteiger partial charge in [0.1, 0.15) is 5.82 Å². The van der Waals surface area contributed by atoms with Crippen LogP contribution in [0.5, 0.6) is 0 Å². The topological polar surface area (TPSA) is 36.4 Å². The Morgan fingerprint density at radius 1 is 1.14 bits per heavy atom. The van der Waals surface area contributed by atoms with Gasteiger partial charge in [-0.3, -0.25) is 9.88 Å².